The molecule has 5 nitrogen and oxygen atoms in total. The topological polar surface area (TPSA) is 50.8 Å². The minimum Gasteiger partial charge on any atom is -0.468 e. The van der Waals surface area contributed by atoms with E-state index < -0.39 is 5.54 Å². The third kappa shape index (κ3) is 5.24. The smallest absolute Gasteiger partial charge is 0.325 e. The maximum atomic E-state index is 12.1. The lowest BCUT2D eigenvalue weighted by Crippen LogP contribution is -2.55. The van der Waals surface area contributed by atoms with E-state index in [0.717, 1.165) is 45.5 Å². The van der Waals surface area contributed by atoms with Gasteiger partial charge >= 0.3 is 5.97 Å². The van der Waals surface area contributed by atoms with Crippen LogP contribution in [-0.2, 0) is 14.3 Å². The molecule has 5 heteroatoms. The van der Waals surface area contributed by atoms with Crippen LogP contribution in [0, 0.1) is 0 Å². The lowest BCUT2D eigenvalue weighted by molar-refractivity contribution is -0.148. The van der Waals surface area contributed by atoms with Crippen molar-refractivity contribution in [3.63, 3.8) is 0 Å². The monoisotopic (exact) mass is 300 g/mol. The molecule has 1 aliphatic heterocycles. The largest absolute Gasteiger partial charge is 0.468 e. The SMILES string of the molecule is CCCNC(C)(CCN1CC(C)OCC1CC)C(=O)OC. The molecule has 1 N–H and O–H groups in total. The first-order valence-corrected chi connectivity index (χ1v) is 8.15. The summed E-state index contributed by atoms with van der Waals surface area (Å²) in [7, 11) is 1.46. The Kier molecular flexibility index (Phi) is 7.63. The third-order valence-electron chi connectivity index (χ3n) is 4.35. The zero-order valence-electron chi connectivity index (χ0n) is 14.3. The van der Waals surface area contributed by atoms with Gasteiger partial charge in [-0.05, 0) is 39.7 Å². The first-order valence-electron chi connectivity index (χ1n) is 8.15. The standard InChI is InChI=1S/C16H32N2O3/c1-6-9-17-16(4,15(19)20-5)8-10-18-11-13(3)21-12-14(18)7-2/h13-14,17H,6-12H2,1-5H3. The molecule has 1 fully saturated rings. The lowest BCUT2D eigenvalue weighted by Gasteiger charge is -2.40. The highest BCUT2D eigenvalue weighted by Gasteiger charge is 2.35. The highest BCUT2D eigenvalue weighted by molar-refractivity contribution is 5.80. The predicted molar refractivity (Wildman–Crippen MR) is 84.4 cm³/mol. The molecule has 0 spiro atoms. The van der Waals surface area contributed by atoms with Gasteiger partial charge in [-0.1, -0.05) is 13.8 Å². The molecule has 0 radical (unpaired) electrons. The van der Waals surface area contributed by atoms with Crippen molar-refractivity contribution in [2.75, 3.05) is 33.4 Å². The number of carbonyl (C=O) groups is 1. The number of morpholine rings is 1. The molecule has 0 aromatic rings. The van der Waals surface area contributed by atoms with Crippen molar-refractivity contribution in [2.45, 2.75) is 64.6 Å². The quantitative estimate of drug-likeness (QED) is 0.693. The van der Waals surface area contributed by atoms with Crippen LogP contribution in [0.2, 0.25) is 0 Å². The van der Waals surface area contributed by atoms with Crippen LogP contribution in [0.1, 0.15) is 47.0 Å². The molecule has 21 heavy (non-hydrogen) atoms. The molecule has 3 unspecified atom stereocenters. The number of methoxy groups -OCH3 is 1. The molecular formula is C16H32N2O3. The highest BCUT2D eigenvalue weighted by Crippen LogP contribution is 2.19. The van der Waals surface area contributed by atoms with Gasteiger partial charge in [-0.15, -0.1) is 0 Å². The van der Waals surface area contributed by atoms with Crippen molar-refractivity contribution in [1.29, 1.82) is 0 Å². The summed E-state index contributed by atoms with van der Waals surface area (Å²) >= 11 is 0. The first kappa shape index (κ1) is 18.4. The number of ether oxygens (including phenoxy) is 2. The van der Waals surface area contributed by atoms with Crippen molar-refractivity contribution in [3.05, 3.63) is 0 Å². The summed E-state index contributed by atoms with van der Waals surface area (Å²) in [4.78, 5) is 14.5. The van der Waals surface area contributed by atoms with Gasteiger partial charge in [0.1, 0.15) is 5.54 Å². The summed E-state index contributed by atoms with van der Waals surface area (Å²) in [6.07, 6.45) is 3.09. The summed E-state index contributed by atoms with van der Waals surface area (Å²) < 4.78 is 10.7. The minimum atomic E-state index is -0.607. The second kappa shape index (κ2) is 8.71. The molecule has 0 bridgehead atoms. The summed E-state index contributed by atoms with van der Waals surface area (Å²) in [6.45, 7) is 11.8. The molecule has 0 saturated carbocycles. The van der Waals surface area contributed by atoms with Crippen molar-refractivity contribution in [3.8, 4) is 0 Å². The maximum Gasteiger partial charge on any atom is 0.325 e. The van der Waals surface area contributed by atoms with E-state index in [2.05, 4.69) is 31.0 Å². The third-order valence-corrected chi connectivity index (χ3v) is 4.35. The van der Waals surface area contributed by atoms with Gasteiger partial charge in [0, 0.05) is 19.1 Å². The van der Waals surface area contributed by atoms with E-state index in [1.54, 1.807) is 0 Å². The van der Waals surface area contributed by atoms with Crippen molar-refractivity contribution in [1.82, 2.24) is 10.2 Å². The number of nitrogens with zero attached hydrogens (tertiary/aromatic N) is 1. The number of hydrogen-bond donors (Lipinski definition) is 1. The van der Waals surface area contributed by atoms with E-state index in [-0.39, 0.29) is 12.1 Å². The fourth-order valence-corrected chi connectivity index (χ4v) is 2.82. The molecule has 1 aliphatic rings. The average molecular weight is 300 g/mol. The van der Waals surface area contributed by atoms with Gasteiger partial charge in [-0.2, -0.15) is 0 Å². The Balaban J connectivity index is 2.63. The molecule has 1 saturated heterocycles. The summed E-state index contributed by atoms with van der Waals surface area (Å²) in [5.41, 5.74) is -0.607. The van der Waals surface area contributed by atoms with E-state index in [1.165, 1.54) is 7.11 Å². The van der Waals surface area contributed by atoms with Crippen molar-refractivity contribution >= 4 is 5.97 Å². The zero-order valence-corrected chi connectivity index (χ0v) is 14.3. The molecular weight excluding hydrogens is 268 g/mol. The van der Waals surface area contributed by atoms with Gasteiger partial charge < -0.3 is 14.8 Å². The van der Waals surface area contributed by atoms with E-state index in [0.29, 0.717) is 6.04 Å². The van der Waals surface area contributed by atoms with Crippen LogP contribution in [0.25, 0.3) is 0 Å². The number of carbonyl (C=O) groups excluding carboxylic acids is 1. The van der Waals surface area contributed by atoms with Crippen LogP contribution in [0.3, 0.4) is 0 Å². The second-order valence-corrected chi connectivity index (χ2v) is 6.20. The fourth-order valence-electron chi connectivity index (χ4n) is 2.82. The van der Waals surface area contributed by atoms with Crippen LogP contribution >= 0.6 is 0 Å². The van der Waals surface area contributed by atoms with E-state index in [4.69, 9.17) is 9.47 Å². The average Bonchev–Trinajstić information content (AvgIpc) is 2.50. The molecule has 0 aromatic heterocycles. The minimum absolute atomic E-state index is 0.176. The normalized spacial score (nSPS) is 26.3. The van der Waals surface area contributed by atoms with Crippen LogP contribution in [0.5, 0.6) is 0 Å². The molecule has 124 valence electrons. The van der Waals surface area contributed by atoms with Crippen LogP contribution in [-0.4, -0.2) is 61.9 Å². The van der Waals surface area contributed by atoms with Crippen LogP contribution in [0.4, 0.5) is 0 Å². The molecule has 1 heterocycles. The number of nitrogens with one attached hydrogen (secondary N) is 1. The number of esters is 1. The van der Waals surface area contributed by atoms with Crippen LogP contribution in [0.15, 0.2) is 0 Å². The Hall–Kier alpha value is -0.650. The Morgan fingerprint density at radius 3 is 2.76 bits per heavy atom. The fraction of sp³-hybridized carbons (Fsp3) is 0.938. The maximum absolute atomic E-state index is 12.1. The van der Waals surface area contributed by atoms with Gasteiger partial charge in [0.2, 0.25) is 0 Å². The molecule has 0 amide bonds. The van der Waals surface area contributed by atoms with Crippen molar-refractivity contribution < 1.29 is 14.3 Å². The Labute approximate surface area is 129 Å². The summed E-state index contributed by atoms with van der Waals surface area (Å²) in [5.74, 6) is -0.176. The van der Waals surface area contributed by atoms with E-state index in [1.807, 2.05) is 6.92 Å². The molecule has 3 atom stereocenters. The summed E-state index contributed by atoms with van der Waals surface area (Å²) in [6, 6.07) is 0.453. The lowest BCUT2D eigenvalue weighted by atomic mass is 9.96. The zero-order chi connectivity index (χ0) is 15.9. The van der Waals surface area contributed by atoms with Gasteiger partial charge in [0.05, 0.1) is 19.8 Å². The van der Waals surface area contributed by atoms with Crippen LogP contribution < -0.4 is 5.32 Å². The second-order valence-electron chi connectivity index (χ2n) is 6.20. The Morgan fingerprint density at radius 1 is 1.48 bits per heavy atom. The highest BCUT2D eigenvalue weighted by atomic mass is 16.5. The first-order chi connectivity index (χ1) is 9.96. The number of hydrogen-bond acceptors (Lipinski definition) is 5. The van der Waals surface area contributed by atoms with Gasteiger partial charge in [-0.25, -0.2) is 0 Å². The predicted octanol–water partition coefficient (Wildman–Crippen LogP) is 1.81. The number of rotatable bonds is 8. The Bertz CT molecular complexity index is 325. The molecule has 0 aliphatic carbocycles. The molecule has 0 aromatic carbocycles. The Morgan fingerprint density at radius 2 is 2.19 bits per heavy atom. The summed E-state index contributed by atoms with van der Waals surface area (Å²) in [5, 5.41) is 3.35. The van der Waals surface area contributed by atoms with Crippen molar-refractivity contribution in [2.24, 2.45) is 0 Å². The molecule has 1 rings (SSSR count). The van der Waals surface area contributed by atoms with E-state index in [9.17, 15) is 4.79 Å². The van der Waals surface area contributed by atoms with E-state index >= 15 is 0 Å². The van der Waals surface area contributed by atoms with Gasteiger partial charge in [0.15, 0.2) is 0 Å². The van der Waals surface area contributed by atoms with Gasteiger partial charge in [0.25, 0.3) is 0 Å². The van der Waals surface area contributed by atoms with Gasteiger partial charge in [-0.3, -0.25) is 9.69 Å².